The normalized spacial score (nSPS) is 56.6. The van der Waals surface area contributed by atoms with E-state index in [1.165, 1.54) is 6.92 Å². The Morgan fingerprint density at radius 1 is 0.783 bits per heavy atom. The average molecular weight is 653 g/mol. The van der Waals surface area contributed by atoms with Crippen molar-refractivity contribution >= 4 is 5.97 Å². The maximum Gasteiger partial charge on any atom is 0.335 e. The Labute approximate surface area is 273 Å². The topological polar surface area (TPSA) is 177 Å². The number of aliphatic hydroxyl groups is 6. The van der Waals surface area contributed by atoms with Crippen molar-refractivity contribution in [2.75, 3.05) is 13.2 Å². The van der Waals surface area contributed by atoms with Crippen molar-refractivity contribution in [2.24, 2.45) is 56.7 Å². The van der Waals surface area contributed by atoms with Gasteiger partial charge >= 0.3 is 5.97 Å². The summed E-state index contributed by atoms with van der Waals surface area (Å²) in [4.78, 5) is 12.1. The number of hydrogen-bond donors (Lipinski definition) is 7. The quantitative estimate of drug-likeness (QED) is 0.226. The summed E-state index contributed by atoms with van der Waals surface area (Å²) in [6, 6.07) is 0. The number of hydrogen-bond acceptors (Lipinski definition) is 9. The molecule has 0 aromatic rings. The molecule has 7 N–H and O–H groups in total. The number of carbonyl (C=O) groups is 1. The fourth-order valence-electron chi connectivity index (χ4n) is 13.5. The van der Waals surface area contributed by atoms with Gasteiger partial charge in [-0.2, -0.15) is 0 Å². The van der Waals surface area contributed by atoms with Gasteiger partial charge in [0.05, 0.1) is 19.3 Å². The van der Waals surface area contributed by atoms with E-state index < -0.39 is 60.4 Å². The fraction of sp³-hybridized carbons (Fsp3) is 0.972. The largest absolute Gasteiger partial charge is 0.479 e. The van der Waals surface area contributed by atoms with Crippen LogP contribution in [0.25, 0.3) is 0 Å². The van der Waals surface area contributed by atoms with Gasteiger partial charge in [-0.25, -0.2) is 4.79 Å². The highest BCUT2D eigenvalue weighted by Crippen LogP contribution is 2.78. The second kappa shape index (κ2) is 11.3. The van der Waals surface area contributed by atoms with Crippen LogP contribution >= 0.6 is 0 Å². The molecule has 1 heterocycles. The van der Waals surface area contributed by atoms with Crippen LogP contribution in [0, 0.1) is 56.7 Å². The third kappa shape index (κ3) is 4.60. The minimum Gasteiger partial charge on any atom is -0.479 e. The molecule has 1 aliphatic heterocycles. The van der Waals surface area contributed by atoms with Gasteiger partial charge < -0.3 is 45.2 Å². The fourth-order valence-corrected chi connectivity index (χ4v) is 13.5. The summed E-state index contributed by atoms with van der Waals surface area (Å²) >= 11 is 0. The molecule has 6 rings (SSSR count). The molecule has 5 saturated carbocycles. The summed E-state index contributed by atoms with van der Waals surface area (Å²) in [6.07, 6.45) is 1.96. The lowest BCUT2D eigenvalue weighted by Gasteiger charge is -2.73. The Hall–Kier alpha value is -0.850. The molecule has 0 radical (unpaired) electrons. The molecular formula is C36H60O10. The second-order valence-corrected chi connectivity index (χ2v) is 17.9. The zero-order chi connectivity index (χ0) is 33.8. The summed E-state index contributed by atoms with van der Waals surface area (Å²) in [6.45, 7) is 13.0. The molecule has 264 valence electrons. The smallest absolute Gasteiger partial charge is 0.335 e. The van der Waals surface area contributed by atoms with E-state index in [1.54, 1.807) is 0 Å². The van der Waals surface area contributed by atoms with Crippen LogP contribution in [0.5, 0.6) is 0 Å². The molecule has 0 aromatic carbocycles. The predicted octanol–water partition coefficient (Wildman–Crippen LogP) is 3.08. The SMILES string of the molecule is C[C@]12CC[C@H](O)[C@](C)(CO[C@H]3O[C@@H](CO)[C@H](O)[C@@H](O)[C@@H]3O)[C@@H]1CC[C@@]1(C)[C@H]2CC[C@@H]2[C@@]3(C)CC[C@@H]([C@](C)(O)C(=O)O)[C@@H]3CC[C@@]21C. The van der Waals surface area contributed by atoms with Crippen LogP contribution in [0.4, 0.5) is 0 Å². The summed E-state index contributed by atoms with van der Waals surface area (Å²) in [5.74, 6) is -0.127. The average Bonchev–Trinajstić information content (AvgIpc) is 3.36. The van der Waals surface area contributed by atoms with E-state index in [1.807, 2.05) is 0 Å². The summed E-state index contributed by atoms with van der Waals surface area (Å²) in [5, 5.41) is 73.4. The lowest BCUT2D eigenvalue weighted by atomic mass is 9.31. The minimum absolute atomic E-state index is 0.0145. The van der Waals surface area contributed by atoms with Crippen molar-refractivity contribution < 1.29 is 50.0 Å². The summed E-state index contributed by atoms with van der Waals surface area (Å²) in [7, 11) is 0. The number of carboxylic acid groups (broad SMARTS) is 1. The third-order valence-corrected chi connectivity index (χ3v) is 16.3. The molecular weight excluding hydrogens is 592 g/mol. The van der Waals surface area contributed by atoms with Gasteiger partial charge in [-0.1, -0.05) is 34.6 Å². The maximum absolute atomic E-state index is 12.1. The molecule has 0 bridgehead atoms. The van der Waals surface area contributed by atoms with Gasteiger partial charge in [0.15, 0.2) is 11.9 Å². The van der Waals surface area contributed by atoms with Crippen LogP contribution in [0.15, 0.2) is 0 Å². The highest BCUT2D eigenvalue weighted by molar-refractivity contribution is 5.77. The van der Waals surface area contributed by atoms with Crippen LogP contribution in [0.2, 0.25) is 0 Å². The van der Waals surface area contributed by atoms with Crippen LogP contribution in [0.3, 0.4) is 0 Å². The molecule has 1 saturated heterocycles. The standard InChI is InChI=1S/C36H60O10/c1-31-13-9-20(36(6,44)30(42)43)19(31)10-15-34(4)23(31)7-8-24-32(2)14-12-25(38)33(3,22(32)11-16-35(24,34)5)18-45-29-28(41)27(40)26(39)21(17-37)46-29/h19-29,37-41,44H,7-18H2,1-6H3,(H,42,43)/t19-,20+,21-,22+,23+,24-,25-,26-,27+,28-,29-,31-,32-,33+,34-,35-,36-/m0/s1. The van der Waals surface area contributed by atoms with E-state index in [2.05, 4.69) is 34.6 Å². The Bertz CT molecular complexity index is 1180. The molecule has 0 spiro atoms. The van der Waals surface area contributed by atoms with Crippen LogP contribution in [0.1, 0.15) is 106 Å². The predicted molar refractivity (Wildman–Crippen MR) is 168 cm³/mol. The summed E-state index contributed by atoms with van der Waals surface area (Å²) < 4.78 is 11.8. The van der Waals surface area contributed by atoms with Gasteiger partial charge in [-0.05, 0) is 116 Å². The van der Waals surface area contributed by atoms with E-state index in [0.29, 0.717) is 18.3 Å². The first-order chi connectivity index (χ1) is 21.3. The van der Waals surface area contributed by atoms with Crippen molar-refractivity contribution in [3.63, 3.8) is 0 Å². The molecule has 10 nitrogen and oxygen atoms in total. The lowest BCUT2D eigenvalue weighted by molar-refractivity contribution is -0.317. The second-order valence-electron chi connectivity index (χ2n) is 17.9. The van der Waals surface area contributed by atoms with Crippen molar-refractivity contribution in [1.29, 1.82) is 0 Å². The van der Waals surface area contributed by atoms with Gasteiger partial charge in [0.25, 0.3) is 0 Å². The van der Waals surface area contributed by atoms with Crippen molar-refractivity contribution in [1.82, 2.24) is 0 Å². The molecule has 5 aliphatic carbocycles. The van der Waals surface area contributed by atoms with Gasteiger partial charge in [0.2, 0.25) is 0 Å². The molecule has 6 aliphatic rings. The van der Waals surface area contributed by atoms with E-state index in [0.717, 1.165) is 57.8 Å². The van der Waals surface area contributed by atoms with E-state index in [-0.39, 0.29) is 46.0 Å². The van der Waals surface area contributed by atoms with Gasteiger partial charge in [-0.15, -0.1) is 0 Å². The first-order valence-corrected chi connectivity index (χ1v) is 17.9. The Morgan fingerprint density at radius 2 is 1.37 bits per heavy atom. The molecule has 0 amide bonds. The van der Waals surface area contributed by atoms with Crippen LogP contribution in [-0.2, 0) is 14.3 Å². The first kappa shape index (κ1) is 35.0. The Balaban J connectivity index is 1.25. The molecule has 0 unspecified atom stereocenters. The first-order valence-electron chi connectivity index (χ1n) is 17.9. The van der Waals surface area contributed by atoms with Gasteiger partial charge in [-0.3, -0.25) is 0 Å². The Kier molecular flexibility index (Phi) is 8.62. The van der Waals surface area contributed by atoms with Crippen LogP contribution < -0.4 is 0 Å². The molecule has 0 aromatic heterocycles. The number of carboxylic acids is 1. The number of aliphatic hydroxyl groups excluding tert-OH is 5. The van der Waals surface area contributed by atoms with E-state index in [9.17, 15) is 40.5 Å². The number of rotatable bonds is 6. The number of fused-ring (bicyclic) bond motifs is 7. The van der Waals surface area contributed by atoms with E-state index in [4.69, 9.17) is 9.47 Å². The lowest BCUT2D eigenvalue weighted by Crippen LogP contribution is -2.68. The van der Waals surface area contributed by atoms with Gasteiger partial charge in [0, 0.05) is 11.3 Å². The maximum atomic E-state index is 12.1. The highest BCUT2D eigenvalue weighted by Gasteiger charge is 2.72. The monoisotopic (exact) mass is 652 g/mol. The highest BCUT2D eigenvalue weighted by atomic mass is 16.7. The zero-order valence-electron chi connectivity index (χ0n) is 28.7. The van der Waals surface area contributed by atoms with Crippen molar-refractivity contribution in [3.8, 4) is 0 Å². The van der Waals surface area contributed by atoms with E-state index >= 15 is 0 Å². The van der Waals surface area contributed by atoms with Gasteiger partial charge in [0.1, 0.15) is 24.4 Å². The minimum atomic E-state index is -1.71. The number of ether oxygens (including phenoxy) is 2. The molecule has 6 fully saturated rings. The van der Waals surface area contributed by atoms with Crippen molar-refractivity contribution in [2.45, 2.75) is 148 Å². The van der Waals surface area contributed by atoms with Crippen LogP contribution in [-0.4, -0.2) is 97.3 Å². The third-order valence-electron chi connectivity index (χ3n) is 16.3. The summed E-state index contributed by atoms with van der Waals surface area (Å²) in [5.41, 5.74) is -2.29. The molecule has 46 heavy (non-hydrogen) atoms. The number of aliphatic carboxylic acids is 1. The molecule has 10 heteroatoms. The molecule has 17 atom stereocenters. The zero-order valence-corrected chi connectivity index (χ0v) is 28.7. The Morgan fingerprint density at radius 3 is 1.98 bits per heavy atom. The van der Waals surface area contributed by atoms with Crippen molar-refractivity contribution in [3.05, 3.63) is 0 Å².